The Morgan fingerprint density at radius 3 is 2.72 bits per heavy atom. The first kappa shape index (κ1) is 14.2. The summed E-state index contributed by atoms with van der Waals surface area (Å²) < 4.78 is 5.52. The molecular weight excluding hydrogens is 248 g/mol. The zero-order valence-electron chi connectivity index (χ0n) is 11.4. The molecule has 0 bridgehead atoms. The first-order valence-electron chi connectivity index (χ1n) is 6.88. The highest BCUT2D eigenvalue weighted by molar-refractivity contribution is 8.00. The maximum absolute atomic E-state index is 12.2. The molecule has 0 aromatic rings. The predicted molar refractivity (Wildman–Crippen MR) is 74.9 cm³/mol. The van der Waals surface area contributed by atoms with Crippen molar-refractivity contribution in [1.82, 2.24) is 10.2 Å². The van der Waals surface area contributed by atoms with E-state index in [1.54, 1.807) is 0 Å². The molecule has 2 saturated heterocycles. The smallest absolute Gasteiger partial charge is 0.232 e. The molecule has 0 aromatic heterocycles. The molecule has 2 fully saturated rings. The zero-order valence-corrected chi connectivity index (χ0v) is 12.2. The molecule has 0 aromatic carbocycles. The number of thioether (sulfide) groups is 1. The fraction of sp³-hybridized carbons (Fsp3) is 0.923. The third-order valence-electron chi connectivity index (χ3n) is 3.96. The minimum atomic E-state index is 0.183. The lowest BCUT2D eigenvalue weighted by molar-refractivity contribution is -0.130. The highest BCUT2D eigenvalue weighted by Crippen LogP contribution is 2.23. The lowest BCUT2D eigenvalue weighted by Crippen LogP contribution is -2.42. The van der Waals surface area contributed by atoms with Gasteiger partial charge in [0.1, 0.15) is 0 Å². The second kappa shape index (κ2) is 6.78. The van der Waals surface area contributed by atoms with Crippen LogP contribution < -0.4 is 5.32 Å². The molecule has 1 N–H and O–H groups in total. The molecule has 18 heavy (non-hydrogen) atoms. The predicted octanol–water partition coefficient (Wildman–Crippen LogP) is 1.11. The van der Waals surface area contributed by atoms with E-state index in [4.69, 9.17) is 4.74 Å². The summed E-state index contributed by atoms with van der Waals surface area (Å²) in [5.74, 6) is 0.866. The minimum Gasteiger partial charge on any atom is -0.376 e. The van der Waals surface area contributed by atoms with Crippen molar-refractivity contribution in [1.29, 1.82) is 0 Å². The number of ether oxygens (including phenoxy) is 1. The standard InChI is InChI=1S/C13H24N2O2S/c1-10-12(5-8-17-10)15(2)13(16)9-18-11-3-6-14-7-4-11/h10-12,14H,3-9H2,1-2H3. The summed E-state index contributed by atoms with van der Waals surface area (Å²) in [6.07, 6.45) is 3.53. The van der Waals surface area contributed by atoms with Crippen LogP contribution >= 0.6 is 11.8 Å². The van der Waals surface area contributed by atoms with Crippen LogP contribution in [0.4, 0.5) is 0 Å². The van der Waals surface area contributed by atoms with E-state index < -0.39 is 0 Å². The summed E-state index contributed by atoms with van der Waals surface area (Å²) in [5.41, 5.74) is 0. The number of nitrogens with one attached hydrogen (secondary N) is 1. The number of nitrogens with zero attached hydrogens (tertiary/aromatic N) is 1. The van der Waals surface area contributed by atoms with Crippen molar-refractivity contribution in [2.24, 2.45) is 0 Å². The summed E-state index contributed by atoms with van der Waals surface area (Å²) in [6.45, 7) is 5.02. The fourth-order valence-electron chi connectivity index (χ4n) is 2.67. The number of likely N-dealkylation sites (N-methyl/N-ethyl adjacent to an activating group) is 1. The first-order valence-corrected chi connectivity index (χ1v) is 7.93. The van der Waals surface area contributed by atoms with Gasteiger partial charge in [0.2, 0.25) is 5.91 Å². The maximum atomic E-state index is 12.2. The van der Waals surface area contributed by atoms with Gasteiger partial charge in [-0.3, -0.25) is 4.79 Å². The van der Waals surface area contributed by atoms with E-state index in [-0.39, 0.29) is 18.1 Å². The van der Waals surface area contributed by atoms with E-state index in [2.05, 4.69) is 12.2 Å². The first-order chi connectivity index (χ1) is 8.68. The van der Waals surface area contributed by atoms with Crippen molar-refractivity contribution in [2.45, 2.75) is 43.6 Å². The van der Waals surface area contributed by atoms with Crippen LogP contribution in [-0.2, 0) is 9.53 Å². The number of hydrogen-bond acceptors (Lipinski definition) is 4. The van der Waals surface area contributed by atoms with Crippen molar-refractivity contribution < 1.29 is 9.53 Å². The molecule has 2 atom stereocenters. The number of amides is 1. The van der Waals surface area contributed by atoms with E-state index in [1.807, 2.05) is 23.7 Å². The number of carbonyl (C=O) groups excluding carboxylic acids is 1. The molecule has 2 aliphatic heterocycles. The van der Waals surface area contributed by atoms with Gasteiger partial charge in [0.05, 0.1) is 17.9 Å². The van der Waals surface area contributed by atoms with Gasteiger partial charge in [-0.1, -0.05) is 0 Å². The molecule has 1 amide bonds. The lowest BCUT2D eigenvalue weighted by Gasteiger charge is -2.28. The normalized spacial score (nSPS) is 29.4. The van der Waals surface area contributed by atoms with Gasteiger partial charge in [-0.05, 0) is 39.3 Å². The average molecular weight is 272 g/mol. The van der Waals surface area contributed by atoms with E-state index in [0.29, 0.717) is 11.0 Å². The van der Waals surface area contributed by atoms with Crippen LogP contribution in [0, 0.1) is 0 Å². The van der Waals surface area contributed by atoms with Crippen LogP contribution in [0.15, 0.2) is 0 Å². The monoisotopic (exact) mass is 272 g/mol. The van der Waals surface area contributed by atoms with Crippen molar-refractivity contribution >= 4 is 17.7 Å². The van der Waals surface area contributed by atoms with Gasteiger partial charge in [0.25, 0.3) is 0 Å². The molecule has 0 radical (unpaired) electrons. The SMILES string of the molecule is CC1OCCC1N(C)C(=O)CSC1CCNCC1. The van der Waals surface area contributed by atoms with Gasteiger partial charge in [-0.25, -0.2) is 0 Å². The molecule has 104 valence electrons. The van der Waals surface area contributed by atoms with Crippen molar-refractivity contribution in [3.8, 4) is 0 Å². The summed E-state index contributed by atoms with van der Waals surface area (Å²) in [6, 6.07) is 0.270. The topological polar surface area (TPSA) is 41.6 Å². The Bertz CT molecular complexity index is 282. The largest absolute Gasteiger partial charge is 0.376 e. The molecule has 0 saturated carbocycles. The average Bonchev–Trinajstić information content (AvgIpc) is 2.82. The number of hydrogen-bond donors (Lipinski definition) is 1. The van der Waals surface area contributed by atoms with Gasteiger partial charge in [-0.15, -0.1) is 11.8 Å². The molecule has 2 unspecified atom stereocenters. The van der Waals surface area contributed by atoms with Gasteiger partial charge in [0, 0.05) is 18.9 Å². The van der Waals surface area contributed by atoms with Crippen LogP contribution in [0.3, 0.4) is 0 Å². The fourth-order valence-corrected chi connectivity index (χ4v) is 3.82. The van der Waals surface area contributed by atoms with Crippen LogP contribution in [0.1, 0.15) is 26.2 Å². The van der Waals surface area contributed by atoms with Crippen molar-refractivity contribution in [3.05, 3.63) is 0 Å². The highest BCUT2D eigenvalue weighted by atomic mass is 32.2. The Morgan fingerprint density at radius 1 is 1.39 bits per heavy atom. The molecule has 2 heterocycles. The van der Waals surface area contributed by atoms with Crippen LogP contribution in [-0.4, -0.2) is 60.7 Å². The van der Waals surface area contributed by atoms with Crippen molar-refractivity contribution in [3.63, 3.8) is 0 Å². The Hall–Kier alpha value is -0.260. The van der Waals surface area contributed by atoms with E-state index in [1.165, 1.54) is 12.8 Å². The second-order valence-corrected chi connectivity index (χ2v) is 6.49. The molecule has 2 aliphatic rings. The lowest BCUT2D eigenvalue weighted by atomic mass is 10.1. The van der Waals surface area contributed by atoms with Gasteiger partial charge < -0.3 is 15.0 Å². The minimum absolute atomic E-state index is 0.183. The molecule has 5 heteroatoms. The van der Waals surface area contributed by atoms with Crippen LogP contribution in [0.25, 0.3) is 0 Å². The van der Waals surface area contributed by atoms with Gasteiger partial charge in [-0.2, -0.15) is 0 Å². The Kier molecular flexibility index (Phi) is 5.33. The number of rotatable bonds is 4. The highest BCUT2D eigenvalue weighted by Gasteiger charge is 2.30. The van der Waals surface area contributed by atoms with Gasteiger partial charge in [0.15, 0.2) is 0 Å². The third kappa shape index (κ3) is 3.62. The summed E-state index contributed by atoms with van der Waals surface area (Å²) >= 11 is 1.82. The Labute approximate surface area is 114 Å². The number of carbonyl (C=O) groups is 1. The molecular formula is C13H24N2O2S. The number of piperidine rings is 1. The summed E-state index contributed by atoms with van der Waals surface area (Å²) in [7, 11) is 1.92. The molecule has 4 nitrogen and oxygen atoms in total. The maximum Gasteiger partial charge on any atom is 0.232 e. The van der Waals surface area contributed by atoms with E-state index >= 15 is 0 Å². The van der Waals surface area contributed by atoms with Crippen molar-refractivity contribution in [2.75, 3.05) is 32.5 Å². The Balaban J connectivity index is 1.73. The van der Waals surface area contributed by atoms with E-state index in [9.17, 15) is 4.79 Å². The second-order valence-electron chi connectivity index (χ2n) is 5.20. The summed E-state index contributed by atoms with van der Waals surface area (Å²) in [4.78, 5) is 14.0. The van der Waals surface area contributed by atoms with Gasteiger partial charge >= 0.3 is 0 Å². The van der Waals surface area contributed by atoms with Crippen LogP contribution in [0.2, 0.25) is 0 Å². The Morgan fingerprint density at radius 2 is 2.11 bits per heavy atom. The quantitative estimate of drug-likeness (QED) is 0.832. The molecule has 0 spiro atoms. The van der Waals surface area contributed by atoms with E-state index in [0.717, 1.165) is 26.1 Å². The molecule has 2 rings (SSSR count). The zero-order chi connectivity index (χ0) is 13.0. The molecule has 0 aliphatic carbocycles. The third-order valence-corrected chi connectivity index (χ3v) is 5.31. The van der Waals surface area contributed by atoms with Crippen LogP contribution in [0.5, 0.6) is 0 Å². The summed E-state index contributed by atoms with van der Waals surface area (Å²) in [5, 5.41) is 4.00.